The van der Waals surface area contributed by atoms with Gasteiger partial charge in [0.2, 0.25) is 0 Å². The van der Waals surface area contributed by atoms with Gasteiger partial charge >= 0.3 is 0 Å². The van der Waals surface area contributed by atoms with E-state index in [4.69, 9.17) is 11.6 Å². The van der Waals surface area contributed by atoms with Crippen LogP contribution in [0, 0.1) is 0 Å². The van der Waals surface area contributed by atoms with E-state index in [1.165, 1.54) is 0 Å². The van der Waals surface area contributed by atoms with E-state index >= 15 is 0 Å². The van der Waals surface area contributed by atoms with E-state index in [9.17, 15) is 4.79 Å². The lowest BCUT2D eigenvalue weighted by molar-refractivity contribution is 0.102. The SMILES string of the molecule is Cn1nc(C(=O)Nc2ccccc2)c2c1-c1cc(Cl)ccc1SC2. The van der Waals surface area contributed by atoms with Crippen LogP contribution in [0.15, 0.2) is 53.4 Å². The zero-order valence-corrected chi connectivity index (χ0v) is 14.5. The Hall–Kier alpha value is -2.24. The molecule has 0 fully saturated rings. The van der Waals surface area contributed by atoms with Crippen molar-refractivity contribution < 1.29 is 4.79 Å². The van der Waals surface area contributed by atoms with Crippen LogP contribution >= 0.6 is 23.4 Å². The standard InChI is InChI=1S/C18H14ClN3OS/c1-22-17-13-9-11(19)7-8-15(13)24-10-14(17)16(21-22)18(23)20-12-5-3-2-4-6-12/h2-9H,10H2,1H3,(H,20,23). The summed E-state index contributed by atoms with van der Waals surface area (Å²) in [6.07, 6.45) is 0. The van der Waals surface area contributed by atoms with Crippen molar-refractivity contribution in [3.63, 3.8) is 0 Å². The number of anilines is 1. The Balaban J connectivity index is 1.76. The van der Waals surface area contributed by atoms with Gasteiger partial charge in [0.15, 0.2) is 5.69 Å². The number of hydrogen-bond donors (Lipinski definition) is 1. The third-order valence-electron chi connectivity index (χ3n) is 3.96. The van der Waals surface area contributed by atoms with E-state index < -0.39 is 0 Å². The number of aromatic nitrogens is 2. The van der Waals surface area contributed by atoms with Crippen LogP contribution in [0.3, 0.4) is 0 Å². The highest BCUT2D eigenvalue weighted by molar-refractivity contribution is 7.98. The lowest BCUT2D eigenvalue weighted by Gasteiger charge is -2.17. The van der Waals surface area contributed by atoms with E-state index in [2.05, 4.69) is 10.4 Å². The van der Waals surface area contributed by atoms with Gasteiger partial charge in [-0.3, -0.25) is 9.48 Å². The monoisotopic (exact) mass is 355 g/mol. The van der Waals surface area contributed by atoms with Gasteiger partial charge in [0.1, 0.15) is 0 Å². The molecule has 6 heteroatoms. The van der Waals surface area contributed by atoms with Crippen molar-refractivity contribution in [3.05, 3.63) is 64.8 Å². The largest absolute Gasteiger partial charge is 0.321 e. The van der Waals surface area contributed by atoms with E-state index in [1.54, 1.807) is 16.4 Å². The van der Waals surface area contributed by atoms with Gasteiger partial charge in [0, 0.05) is 39.5 Å². The molecule has 4 rings (SSSR count). The van der Waals surface area contributed by atoms with E-state index in [1.807, 2.05) is 55.6 Å². The molecule has 2 aromatic carbocycles. The summed E-state index contributed by atoms with van der Waals surface area (Å²) in [5.41, 5.74) is 4.17. The van der Waals surface area contributed by atoms with Crippen molar-refractivity contribution in [2.75, 3.05) is 5.32 Å². The Kier molecular flexibility index (Phi) is 3.82. The third kappa shape index (κ3) is 2.60. The summed E-state index contributed by atoms with van der Waals surface area (Å²) in [5.74, 6) is 0.527. The zero-order chi connectivity index (χ0) is 16.7. The number of nitrogens with one attached hydrogen (secondary N) is 1. The molecule has 0 atom stereocenters. The normalized spacial score (nSPS) is 12.4. The number of para-hydroxylation sites is 1. The van der Waals surface area contributed by atoms with Crippen molar-refractivity contribution >= 4 is 35.0 Å². The van der Waals surface area contributed by atoms with Gasteiger partial charge in [0.25, 0.3) is 5.91 Å². The molecule has 1 aliphatic heterocycles. The Morgan fingerprint density at radius 3 is 2.83 bits per heavy atom. The molecular weight excluding hydrogens is 342 g/mol. The molecule has 24 heavy (non-hydrogen) atoms. The van der Waals surface area contributed by atoms with Crippen LogP contribution in [0.25, 0.3) is 11.3 Å². The predicted octanol–water partition coefficient (Wildman–Crippen LogP) is 4.60. The molecule has 0 saturated heterocycles. The minimum Gasteiger partial charge on any atom is -0.321 e. The molecule has 0 bridgehead atoms. The minimum absolute atomic E-state index is 0.191. The first-order valence-electron chi connectivity index (χ1n) is 7.48. The summed E-state index contributed by atoms with van der Waals surface area (Å²) in [5, 5.41) is 8.05. The van der Waals surface area contributed by atoms with E-state index in [0.717, 1.165) is 33.2 Å². The van der Waals surface area contributed by atoms with Crippen LogP contribution in [-0.4, -0.2) is 15.7 Å². The summed E-state index contributed by atoms with van der Waals surface area (Å²) in [6.45, 7) is 0. The van der Waals surface area contributed by atoms with Crippen molar-refractivity contribution in [3.8, 4) is 11.3 Å². The Morgan fingerprint density at radius 1 is 1.25 bits per heavy atom. The lowest BCUT2D eigenvalue weighted by Crippen LogP contribution is -2.14. The van der Waals surface area contributed by atoms with Gasteiger partial charge in [-0.25, -0.2) is 0 Å². The topological polar surface area (TPSA) is 46.9 Å². The highest BCUT2D eigenvalue weighted by Crippen LogP contribution is 2.43. The zero-order valence-electron chi connectivity index (χ0n) is 12.9. The summed E-state index contributed by atoms with van der Waals surface area (Å²) >= 11 is 7.85. The summed E-state index contributed by atoms with van der Waals surface area (Å²) in [6, 6.07) is 15.2. The molecule has 2 heterocycles. The molecular formula is C18H14ClN3OS. The average Bonchev–Trinajstić information content (AvgIpc) is 2.93. The van der Waals surface area contributed by atoms with Crippen LogP contribution in [0.4, 0.5) is 5.69 Å². The number of carbonyl (C=O) groups is 1. The van der Waals surface area contributed by atoms with Gasteiger partial charge in [-0.1, -0.05) is 29.8 Å². The van der Waals surface area contributed by atoms with Gasteiger partial charge < -0.3 is 5.32 Å². The van der Waals surface area contributed by atoms with Crippen molar-refractivity contribution in [2.45, 2.75) is 10.6 Å². The molecule has 1 aliphatic rings. The molecule has 3 aromatic rings. The van der Waals surface area contributed by atoms with Crippen molar-refractivity contribution in [1.82, 2.24) is 9.78 Å². The molecule has 120 valence electrons. The maximum atomic E-state index is 12.7. The predicted molar refractivity (Wildman–Crippen MR) is 97.6 cm³/mol. The minimum atomic E-state index is -0.191. The summed E-state index contributed by atoms with van der Waals surface area (Å²) in [7, 11) is 1.86. The number of rotatable bonds is 2. The Labute approximate surface area is 148 Å². The fraction of sp³-hybridized carbons (Fsp3) is 0.111. The number of halogens is 1. The molecule has 0 aliphatic carbocycles. The maximum absolute atomic E-state index is 12.7. The van der Waals surface area contributed by atoms with E-state index in [0.29, 0.717) is 10.7 Å². The molecule has 4 nitrogen and oxygen atoms in total. The Morgan fingerprint density at radius 2 is 2.04 bits per heavy atom. The smallest absolute Gasteiger partial charge is 0.276 e. The van der Waals surface area contributed by atoms with Gasteiger partial charge in [-0.05, 0) is 30.3 Å². The fourth-order valence-electron chi connectivity index (χ4n) is 2.90. The highest BCUT2D eigenvalue weighted by atomic mass is 35.5. The molecule has 0 unspecified atom stereocenters. The van der Waals surface area contributed by atoms with Crippen LogP contribution in [-0.2, 0) is 12.8 Å². The number of nitrogens with zero attached hydrogens (tertiary/aromatic N) is 2. The van der Waals surface area contributed by atoms with Crippen LogP contribution < -0.4 is 5.32 Å². The van der Waals surface area contributed by atoms with Crippen LogP contribution in [0.1, 0.15) is 16.1 Å². The van der Waals surface area contributed by atoms with Gasteiger partial charge in [0.05, 0.1) is 5.69 Å². The second-order valence-electron chi connectivity index (χ2n) is 5.55. The highest BCUT2D eigenvalue weighted by Gasteiger charge is 2.27. The van der Waals surface area contributed by atoms with Gasteiger partial charge in [-0.15, -0.1) is 11.8 Å². The number of fused-ring (bicyclic) bond motifs is 3. The number of benzene rings is 2. The fourth-order valence-corrected chi connectivity index (χ4v) is 4.12. The molecule has 1 aromatic heterocycles. The van der Waals surface area contributed by atoms with Crippen LogP contribution in [0.2, 0.25) is 5.02 Å². The second kappa shape index (κ2) is 6.00. The third-order valence-corrected chi connectivity index (χ3v) is 5.30. The van der Waals surface area contributed by atoms with E-state index in [-0.39, 0.29) is 5.91 Å². The van der Waals surface area contributed by atoms with Gasteiger partial charge in [-0.2, -0.15) is 5.10 Å². The summed E-state index contributed by atoms with van der Waals surface area (Å²) < 4.78 is 1.77. The van der Waals surface area contributed by atoms with Crippen LogP contribution in [0.5, 0.6) is 0 Å². The molecule has 0 radical (unpaired) electrons. The first-order chi connectivity index (χ1) is 11.6. The molecule has 0 saturated carbocycles. The first kappa shape index (κ1) is 15.3. The quantitative estimate of drug-likeness (QED) is 0.730. The first-order valence-corrected chi connectivity index (χ1v) is 8.85. The lowest BCUT2D eigenvalue weighted by atomic mass is 10.1. The van der Waals surface area contributed by atoms with Crippen molar-refractivity contribution in [2.24, 2.45) is 7.05 Å². The molecule has 0 spiro atoms. The average molecular weight is 356 g/mol. The summed E-state index contributed by atoms with van der Waals surface area (Å²) in [4.78, 5) is 13.8. The molecule has 1 amide bonds. The second-order valence-corrected chi connectivity index (χ2v) is 7.00. The number of aryl methyl sites for hydroxylation is 1. The van der Waals surface area contributed by atoms with Crippen molar-refractivity contribution in [1.29, 1.82) is 0 Å². The number of hydrogen-bond acceptors (Lipinski definition) is 3. The number of carbonyl (C=O) groups excluding carboxylic acids is 1. The number of thioether (sulfide) groups is 1. The Bertz CT molecular complexity index is 937. The maximum Gasteiger partial charge on any atom is 0.276 e. The molecule has 1 N–H and O–H groups in total. The number of amides is 1.